The minimum absolute atomic E-state index is 0.00147. The first-order valence-electron chi connectivity index (χ1n) is 9.11. The van der Waals surface area contributed by atoms with Gasteiger partial charge in [0.05, 0.1) is 12.2 Å². The number of fused-ring (bicyclic) bond motifs is 2. The van der Waals surface area contributed by atoms with Crippen molar-refractivity contribution in [1.29, 1.82) is 0 Å². The van der Waals surface area contributed by atoms with Crippen molar-refractivity contribution in [2.75, 3.05) is 6.61 Å². The van der Waals surface area contributed by atoms with E-state index < -0.39 is 23.6 Å². The highest BCUT2D eigenvalue weighted by Gasteiger charge is 2.64. The fourth-order valence-corrected chi connectivity index (χ4v) is 3.98. The first kappa shape index (κ1) is 19.3. The summed E-state index contributed by atoms with van der Waals surface area (Å²) < 4.78 is 20.2. The van der Waals surface area contributed by atoms with Gasteiger partial charge in [-0.05, 0) is 39.5 Å². The first-order chi connectivity index (χ1) is 11.8. The van der Waals surface area contributed by atoms with Gasteiger partial charge in [0.15, 0.2) is 6.23 Å². The predicted octanol–water partition coefficient (Wildman–Crippen LogP) is 2.13. The molecule has 3 rings (SSSR count). The third kappa shape index (κ3) is 3.52. The van der Waals surface area contributed by atoms with Crippen LogP contribution in [0.5, 0.6) is 0 Å². The molecular weight excluding hydrogens is 336 g/mol. The zero-order valence-electron chi connectivity index (χ0n) is 16.7. The Bertz CT molecular complexity index is 798. The summed E-state index contributed by atoms with van der Waals surface area (Å²) in [6.07, 6.45) is 0.964. The normalized spacial score (nSPS) is 31.6. The highest BCUT2D eigenvalue weighted by atomic mass is 16.7. The Morgan fingerprint density at radius 2 is 1.92 bits per heavy atom. The largest absolute Gasteiger partial charge is 0.368 e. The summed E-state index contributed by atoms with van der Waals surface area (Å²) in [5.41, 5.74) is -1.43. The average Bonchev–Trinajstić information content (AvgIpc) is 2.90. The van der Waals surface area contributed by atoms with Crippen molar-refractivity contribution in [2.45, 2.75) is 84.5 Å². The van der Waals surface area contributed by atoms with E-state index in [1.807, 2.05) is 20.8 Å². The van der Waals surface area contributed by atoms with Crippen LogP contribution < -0.4 is 11.2 Å². The maximum Gasteiger partial charge on any atom is 0.330 e. The Hall–Kier alpha value is -1.44. The zero-order chi connectivity index (χ0) is 19.5. The molecular formula is C19H30N2O5. The summed E-state index contributed by atoms with van der Waals surface area (Å²) in [6.45, 7) is 14.5. The molecule has 2 aliphatic heterocycles. The lowest BCUT2D eigenvalue weighted by Crippen LogP contribution is -2.47. The van der Waals surface area contributed by atoms with E-state index >= 15 is 0 Å². The molecule has 3 heterocycles. The number of aryl methyl sites for hydroxylation is 1. The van der Waals surface area contributed by atoms with Crippen LogP contribution in [0, 0.1) is 12.3 Å². The van der Waals surface area contributed by atoms with Crippen LogP contribution in [0.4, 0.5) is 0 Å². The van der Waals surface area contributed by atoms with Gasteiger partial charge in [0.1, 0.15) is 17.8 Å². The molecule has 26 heavy (non-hydrogen) atoms. The average molecular weight is 366 g/mol. The van der Waals surface area contributed by atoms with E-state index in [2.05, 4.69) is 25.8 Å². The Morgan fingerprint density at radius 3 is 2.50 bits per heavy atom. The second kappa shape index (κ2) is 6.04. The van der Waals surface area contributed by atoms with Gasteiger partial charge in [-0.15, -0.1) is 0 Å². The molecule has 0 saturated carbocycles. The minimum Gasteiger partial charge on any atom is -0.368 e. The number of hydrogen-bond acceptors (Lipinski definition) is 5. The number of nitrogens with zero attached hydrogens (tertiary/aromatic N) is 1. The SMILES string of the molecule is Cc1cn([C@@H]2O[C@@]3(CC(C)(C)C)CO[C@@H]2[C@@H]3OC(C)(C)C)c(=O)[nH]c1=O. The fourth-order valence-electron chi connectivity index (χ4n) is 3.98. The number of ether oxygens (including phenoxy) is 3. The summed E-state index contributed by atoms with van der Waals surface area (Å²) in [7, 11) is 0. The molecule has 2 fully saturated rings. The van der Waals surface area contributed by atoms with Crippen molar-refractivity contribution in [3.8, 4) is 0 Å². The Labute approximate surface area is 153 Å². The molecule has 2 aliphatic rings. The molecule has 2 bridgehead atoms. The van der Waals surface area contributed by atoms with Crippen LogP contribution in [-0.4, -0.2) is 39.6 Å². The van der Waals surface area contributed by atoms with Crippen molar-refractivity contribution in [3.05, 3.63) is 32.6 Å². The van der Waals surface area contributed by atoms with E-state index in [0.29, 0.717) is 12.2 Å². The molecule has 2 saturated heterocycles. The number of aromatic nitrogens is 2. The summed E-state index contributed by atoms with van der Waals surface area (Å²) in [5.74, 6) is 0. The van der Waals surface area contributed by atoms with Gasteiger partial charge in [-0.2, -0.15) is 0 Å². The van der Waals surface area contributed by atoms with Crippen molar-refractivity contribution in [1.82, 2.24) is 9.55 Å². The van der Waals surface area contributed by atoms with Crippen LogP contribution in [0.3, 0.4) is 0 Å². The van der Waals surface area contributed by atoms with Gasteiger partial charge < -0.3 is 14.2 Å². The minimum atomic E-state index is -0.624. The molecule has 146 valence electrons. The lowest BCUT2D eigenvalue weighted by Gasteiger charge is -2.38. The van der Waals surface area contributed by atoms with Gasteiger partial charge in [0, 0.05) is 11.8 Å². The Morgan fingerprint density at radius 1 is 1.27 bits per heavy atom. The second-order valence-corrected chi connectivity index (χ2v) is 9.72. The van der Waals surface area contributed by atoms with Gasteiger partial charge in [-0.3, -0.25) is 14.3 Å². The van der Waals surface area contributed by atoms with Crippen LogP contribution in [0.15, 0.2) is 15.8 Å². The maximum atomic E-state index is 12.4. The molecule has 1 N–H and O–H groups in total. The summed E-state index contributed by atoms with van der Waals surface area (Å²) in [6, 6.07) is 0. The van der Waals surface area contributed by atoms with Crippen LogP contribution in [-0.2, 0) is 14.2 Å². The molecule has 0 aromatic carbocycles. The zero-order valence-corrected chi connectivity index (χ0v) is 16.7. The molecule has 0 amide bonds. The molecule has 0 spiro atoms. The fraction of sp³-hybridized carbons (Fsp3) is 0.789. The number of aromatic amines is 1. The van der Waals surface area contributed by atoms with Crippen molar-refractivity contribution >= 4 is 0 Å². The predicted molar refractivity (Wildman–Crippen MR) is 97.4 cm³/mol. The third-order valence-corrected chi connectivity index (χ3v) is 4.70. The smallest absolute Gasteiger partial charge is 0.330 e. The Balaban J connectivity index is 2.03. The number of rotatable bonds is 3. The van der Waals surface area contributed by atoms with E-state index in [1.165, 1.54) is 10.8 Å². The van der Waals surface area contributed by atoms with E-state index in [4.69, 9.17) is 14.2 Å². The summed E-state index contributed by atoms with van der Waals surface area (Å²) >= 11 is 0. The van der Waals surface area contributed by atoms with Crippen molar-refractivity contribution < 1.29 is 14.2 Å². The van der Waals surface area contributed by atoms with Crippen molar-refractivity contribution in [3.63, 3.8) is 0 Å². The van der Waals surface area contributed by atoms with Crippen molar-refractivity contribution in [2.24, 2.45) is 5.41 Å². The first-order valence-corrected chi connectivity index (χ1v) is 9.11. The molecule has 1 aromatic heterocycles. The molecule has 7 nitrogen and oxygen atoms in total. The van der Waals surface area contributed by atoms with E-state index in [0.717, 1.165) is 6.42 Å². The monoisotopic (exact) mass is 366 g/mol. The second-order valence-electron chi connectivity index (χ2n) is 9.72. The summed E-state index contributed by atoms with van der Waals surface area (Å²) in [5, 5.41) is 0. The van der Waals surface area contributed by atoms with Gasteiger partial charge >= 0.3 is 5.69 Å². The Kier molecular flexibility index (Phi) is 4.49. The molecule has 7 heteroatoms. The molecule has 4 atom stereocenters. The van der Waals surface area contributed by atoms with E-state index in [-0.39, 0.29) is 22.7 Å². The van der Waals surface area contributed by atoms with Gasteiger partial charge in [0.25, 0.3) is 5.56 Å². The van der Waals surface area contributed by atoms with Crippen LogP contribution >= 0.6 is 0 Å². The molecule has 0 radical (unpaired) electrons. The number of hydrogen-bond donors (Lipinski definition) is 1. The highest BCUT2D eigenvalue weighted by molar-refractivity contribution is 5.11. The van der Waals surface area contributed by atoms with Crippen LogP contribution in [0.2, 0.25) is 0 Å². The van der Waals surface area contributed by atoms with E-state index in [1.54, 1.807) is 6.92 Å². The highest BCUT2D eigenvalue weighted by Crippen LogP contribution is 2.51. The van der Waals surface area contributed by atoms with Gasteiger partial charge in [-0.25, -0.2) is 4.79 Å². The maximum absolute atomic E-state index is 12.4. The van der Waals surface area contributed by atoms with Crippen LogP contribution in [0.1, 0.15) is 59.8 Å². The third-order valence-electron chi connectivity index (χ3n) is 4.70. The molecule has 0 aliphatic carbocycles. The van der Waals surface area contributed by atoms with Gasteiger partial charge in [-0.1, -0.05) is 20.8 Å². The molecule has 1 aromatic rings. The number of nitrogens with one attached hydrogen (secondary N) is 1. The lowest BCUT2D eigenvalue weighted by molar-refractivity contribution is -0.189. The molecule has 0 unspecified atom stereocenters. The summed E-state index contributed by atoms with van der Waals surface area (Å²) in [4.78, 5) is 26.4. The topological polar surface area (TPSA) is 82.6 Å². The number of H-pyrrole nitrogens is 1. The lowest BCUT2D eigenvalue weighted by atomic mass is 9.80. The quantitative estimate of drug-likeness (QED) is 0.886. The van der Waals surface area contributed by atoms with Gasteiger partial charge in [0.2, 0.25) is 0 Å². The van der Waals surface area contributed by atoms with E-state index in [9.17, 15) is 9.59 Å². The standard InChI is InChI=1S/C19H30N2O5/c1-11-8-21(16(23)20-14(11)22)15-12-13(25-18(5,6)7)19(26-15,10-24-12)9-17(2,3)4/h8,12-13,15H,9-10H2,1-7H3,(H,20,22,23)/t12-,13+,15-,19+/m1/s1. The van der Waals surface area contributed by atoms with Crippen LogP contribution in [0.25, 0.3) is 0 Å².